The molecule has 2 aromatic carbocycles. The normalized spacial score (nSPS) is 15.7. The van der Waals surface area contributed by atoms with Crippen LogP contribution in [0.25, 0.3) is 11.1 Å². The number of benzene rings is 2. The molecule has 1 heterocycles. The lowest BCUT2D eigenvalue weighted by molar-refractivity contribution is -0.113. The van der Waals surface area contributed by atoms with E-state index in [1.165, 1.54) is 11.9 Å². The van der Waals surface area contributed by atoms with E-state index in [1.54, 1.807) is 6.08 Å². The van der Waals surface area contributed by atoms with Crippen LogP contribution in [0.5, 0.6) is 0 Å². The molecule has 0 aromatic heterocycles. The summed E-state index contributed by atoms with van der Waals surface area (Å²) in [6.07, 6.45) is 2.38. The Bertz CT molecular complexity index is 780. The number of nitrogen functional groups attached to an aromatic ring is 1. The number of allylic oxidation sites excluding steroid dienone is 2. The zero-order valence-corrected chi connectivity index (χ0v) is 12.8. The second-order valence-corrected chi connectivity index (χ2v) is 5.81. The molecule has 0 fully saturated rings. The van der Waals surface area contributed by atoms with Crippen molar-refractivity contribution < 1.29 is 4.79 Å². The Morgan fingerprint density at radius 2 is 1.91 bits per heavy atom. The van der Waals surface area contributed by atoms with Crippen molar-refractivity contribution in [2.45, 2.75) is 11.3 Å². The van der Waals surface area contributed by atoms with Crippen LogP contribution in [-0.4, -0.2) is 5.91 Å². The number of rotatable bonds is 3. The molecular formula is C18H16N2OS. The van der Waals surface area contributed by atoms with E-state index in [0.29, 0.717) is 17.7 Å². The maximum atomic E-state index is 12.5. The molecular weight excluding hydrogens is 292 g/mol. The Kier molecular flexibility index (Phi) is 4.02. The van der Waals surface area contributed by atoms with Gasteiger partial charge in [-0.2, -0.15) is 0 Å². The molecule has 2 aromatic rings. The third-order valence-electron chi connectivity index (χ3n) is 3.57. The van der Waals surface area contributed by atoms with Crippen LogP contribution in [0.1, 0.15) is 17.5 Å². The molecule has 0 spiro atoms. The smallest absolute Gasteiger partial charge is 0.262 e. The lowest BCUT2D eigenvalue weighted by atomic mass is 9.91. The summed E-state index contributed by atoms with van der Waals surface area (Å²) in [5, 5.41) is 0. The molecule has 1 amide bonds. The van der Waals surface area contributed by atoms with Crippen molar-refractivity contribution in [3.8, 4) is 0 Å². The predicted octanol–water partition coefficient (Wildman–Crippen LogP) is 3.89. The summed E-state index contributed by atoms with van der Waals surface area (Å²) in [7, 11) is 0. The van der Waals surface area contributed by atoms with E-state index in [-0.39, 0.29) is 5.91 Å². The van der Waals surface area contributed by atoms with Gasteiger partial charge in [-0.15, -0.1) is 6.58 Å². The van der Waals surface area contributed by atoms with E-state index >= 15 is 0 Å². The van der Waals surface area contributed by atoms with Gasteiger partial charge in [-0.1, -0.05) is 42.5 Å². The number of fused-ring (bicyclic) bond motifs is 1. The lowest BCUT2D eigenvalue weighted by Crippen LogP contribution is -2.23. The molecule has 0 atom stereocenters. The van der Waals surface area contributed by atoms with Gasteiger partial charge in [0.1, 0.15) is 0 Å². The van der Waals surface area contributed by atoms with Crippen molar-refractivity contribution in [3.05, 3.63) is 72.3 Å². The van der Waals surface area contributed by atoms with E-state index in [1.807, 2.05) is 48.5 Å². The molecule has 0 aliphatic carbocycles. The zero-order valence-electron chi connectivity index (χ0n) is 12.0. The summed E-state index contributed by atoms with van der Waals surface area (Å²) in [4.78, 5) is 13.5. The average molecular weight is 308 g/mol. The highest BCUT2D eigenvalue weighted by Crippen LogP contribution is 2.39. The summed E-state index contributed by atoms with van der Waals surface area (Å²) >= 11 is 1.34. The second kappa shape index (κ2) is 6.12. The number of nitrogens with two attached hydrogens (primary N) is 1. The number of para-hydroxylation sites is 1. The van der Waals surface area contributed by atoms with Crippen molar-refractivity contribution in [2.75, 3.05) is 5.73 Å². The Morgan fingerprint density at radius 3 is 2.68 bits per heavy atom. The third kappa shape index (κ3) is 2.53. The summed E-state index contributed by atoms with van der Waals surface area (Å²) in [6, 6.07) is 15.5. The van der Waals surface area contributed by atoms with E-state index < -0.39 is 0 Å². The summed E-state index contributed by atoms with van der Waals surface area (Å²) in [6.45, 7) is 3.82. The highest BCUT2D eigenvalue weighted by molar-refractivity contribution is 7.98. The van der Waals surface area contributed by atoms with Crippen molar-refractivity contribution in [3.63, 3.8) is 0 Å². The maximum Gasteiger partial charge on any atom is 0.262 e. The minimum Gasteiger partial charge on any atom is -0.398 e. The van der Waals surface area contributed by atoms with Crippen molar-refractivity contribution in [1.29, 1.82) is 0 Å². The first-order valence-electron chi connectivity index (χ1n) is 6.98. The van der Waals surface area contributed by atoms with Gasteiger partial charge < -0.3 is 5.73 Å². The fraction of sp³-hybridized carbons (Fsp3) is 0.0556. The topological polar surface area (TPSA) is 55.1 Å². The molecule has 0 radical (unpaired) electrons. The number of nitrogens with one attached hydrogen (secondary N) is 1. The SMILES string of the molecule is C=CCC(=C1C(=O)NSc2ccccc21)c1ccccc1N. The largest absolute Gasteiger partial charge is 0.398 e. The van der Waals surface area contributed by atoms with Gasteiger partial charge in [-0.05, 0) is 36.1 Å². The quantitative estimate of drug-likeness (QED) is 0.391. The molecule has 3 rings (SSSR count). The van der Waals surface area contributed by atoms with Gasteiger partial charge in [0.25, 0.3) is 5.91 Å². The number of carbonyl (C=O) groups is 1. The van der Waals surface area contributed by atoms with E-state index in [0.717, 1.165) is 21.6 Å². The summed E-state index contributed by atoms with van der Waals surface area (Å²) in [5.41, 5.74) is 10.2. The molecule has 3 nitrogen and oxygen atoms in total. The molecule has 0 unspecified atom stereocenters. The van der Waals surface area contributed by atoms with Gasteiger partial charge >= 0.3 is 0 Å². The Morgan fingerprint density at radius 1 is 1.18 bits per heavy atom. The minimum absolute atomic E-state index is 0.0937. The van der Waals surface area contributed by atoms with Crippen molar-refractivity contribution in [2.24, 2.45) is 0 Å². The van der Waals surface area contributed by atoms with E-state index in [9.17, 15) is 4.79 Å². The van der Waals surface area contributed by atoms with Gasteiger partial charge in [0.05, 0.1) is 5.57 Å². The van der Waals surface area contributed by atoms with Crippen LogP contribution in [0.4, 0.5) is 5.69 Å². The first kappa shape index (κ1) is 14.5. The van der Waals surface area contributed by atoms with E-state index in [2.05, 4.69) is 11.3 Å². The number of hydrogen-bond donors (Lipinski definition) is 2. The number of carbonyl (C=O) groups excluding carboxylic acids is 1. The molecule has 3 N–H and O–H groups in total. The summed E-state index contributed by atoms with van der Waals surface area (Å²) in [5.74, 6) is -0.0937. The first-order valence-corrected chi connectivity index (χ1v) is 7.79. The molecule has 1 aliphatic rings. The van der Waals surface area contributed by atoms with Crippen molar-refractivity contribution in [1.82, 2.24) is 4.72 Å². The van der Waals surface area contributed by atoms with E-state index in [4.69, 9.17) is 5.73 Å². The monoisotopic (exact) mass is 308 g/mol. The highest BCUT2D eigenvalue weighted by Gasteiger charge is 2.25. The first-order chi connectivity index (χ1) is 10.7. The Hall–Kier alpha value is -2.46. The molecule has 0 saturated carbocycles. The number of hydrogen-bond acceptors (Lipinski definition) is 3. The van der Waals surface area contributed by atoms with Gasteiger partial charge in [0, 0.05) is 21.7 Å². The molecule has 1 aliphatic heterocycles. The Balaban J connectivity index is 2.30. The molecule has 4 heteroatoms. The second-order valence-electron chi connectivity index (χ2n) is 4.96. The average Bonchev–Trinajstić information content (AvgIpc) is 2.54. The minimum atomic E-state index is -0.0937. The molecule has 110 valence electrons. The van der Waals surface area contributed by atoms with Gasteiger partial charge in [0.15, 0.2) is 0 Å². The van der Waals surface area contributed by atoms with Gasteiger partial charge in [0.2, 0.25) is 0 Å². The molecule has 0 bridgehead atoms. The maximum absolute atomic E-state index is 12.5. The third-order valence-corrected chi connectivity index (χ3v) is 4.44. The highest BCUT2D eigenvalue weighted by atomic mass is 32.2. The van der Waals surface area contributed by atoms with Crippen molar-refractivity contribution >= 4 is 34.7 Å². The zero-order chi connectivity index (χ0) is 15.5. The van der Waals surface area contributed by atoms with Crippen LogP contribution in [0, 0.1) is 0 Å². The molecule has 22 heavy (non-hydrogen) atoms. The number of amides is 1. The van der Waals surface area contributed by atoms with Gasteiger partial charge in [-0.25, -0.2) is 0 Å². The van der Waals surface area contributed by atoms with Gasteiger partial charge in [-0.3, -0.25) is 9.52 Å². The van der Waals surface area contributed by atoms with Crippen LogP contribution in [0.3, 0.4) is 0 Å². The van der Waals surface area contributed by atoms with Crippen LogP contribution >= 0.6 is 11.9 Å². The number of anilines is 1. The lowest BCUT2D eigenvalue weighted by Gasteiger charge is -2.22. The fourth-order valence-corrected chi connectivity index (χ4v) is 3.33. The standard InChI is InChI=1S/C18H16N2OS/c1-2-7-13(12-8-3-5-10-15(12)19)17-14-9-4-6-11-16(14)22-20-18(17)21/h2-6,8-11H,1,7,19H2,(H,20,21). The molecule has 0 saturated heterocycles. The Labute approximate surface area is 134 Å². The fourth-order valence-electron chi connectivity index (χ4n) is 2.60. The van der Waals surface area contributed by atoms with Crippen LogP contribution in [0.2, 0.25) is 0 Å². The van der Waals surface area contributed by atoms with Crippen LogP contribution < -0.4 is 10.5 Å². The summed E-state index contributed by atoms with van der Waals surface area (Å²) < 4.78 is 2.86. The van der Waals surface area contributed by atoms with Crippen LogP contribution in [0.15, 0.2) is 66.1 Å². The van der Waals surface area contributed by atoms with Crippen LogP contribution in [-0.2, 0) is 4.79 Å². The predicted molar refractivity (Wildman–Crippen MR) is 92.9 cm³/mol.